The van der Waals surface area contributed by atoms with E-state index < -0.39 is 28.8 Å². The topological polar surface area (TPSA) is 63.1 Å². The molecule has 0 aliphatic carbocycles. The third-order valence-corrected chi connectivity index (χ3v) is 5.81. The van der Waals surface area contributed by atoms with E-state index in [1.54, 1.807) is 23.6 Å². The molecule has 0 amide bonds. The molecule has 1 aliphatic rings. The van der Waals surface area contributed by atoms with Gasteiger partial charge in [-0.15, -0.1) is 0 Å². The first kappa shape index (κ1) is 17.8. The van der Waals surface area contributed by atoms with E-state index in [1.165, 1.54) is 0 Å². The maximum absolute atomic E-state index is 13.0. The van der Waals surface area contributed by atoms with Gasteiger partial charge in [-0.2, -0.15) is 18.3 Å². The summed E-state index contributed by atoms with van der Waals surface area (Å²) in [6.07, 6.45) is -4.30. The number of halogens is 3. The van der Waals surface area contributed by atoms with Gasteiger partial charge in [-0.05, 0) is 18.2 Å². The number of benzene rings is 1. The molecule has 0 radical (unpaired) electrons. The van der Waals surface area contributed by atoms with Crippen molar-refractivity contribution >= 4 is 33.2 Å². The second-order valence-electron chi connectivity index (χ2n) is 6.12. The SMILES string of the molecule is CCS(=O)c1c2ccccc2nn1C1Nc2cc(C(F)(F)F)cnc2N1C. The summed E-state index contributed by atoms with van der Waals surface area (Å²) in [4.78, 5) is 5.64. The molecule has 6 nitrogen and oxygen atoms in total. The zero-order valence-electron chi connectivity index (χ0n) is 14.5. The van der Waals surface area contributed by atoms with Gasteiger partial charge in [0.15, 0.2) is 5.82 Å². The first-order valence-corrected chi connectivity index (χ1v) is 9.55. The van der Waals surface area contributed by atoms with Gasteiger partial charge in [0, 0.05) is 24.4 Å². The molecule has 1 N–H and O–H groups in total. The van der Waals surface area contributed by atoms with E-state index in [1.807, 2.05) is 24.3 Å². The lowest BCUT2D eigenvalue weighted by molar-refractivity contribution is -0.137. The normalized spacial score (nSPS) is 17.8. The number of nitrogens with zero attached hydrogens (tertiary/aromatic N) is 4. The van der Waals surface area contributed by atoms with Gasteiger partial charge in [0.1, 0.15) is 5.03 Å². The standard InChI is InChI=1S/C17H16F3N5OS/c1-3-27(26)15-11-6-4-5-7-12(11)23-25(15)16-22-13-8-10(17(18,19)20)9-21-14(13)24(16)2/h4-9,16,22H,3H2,1-2H3. The lowest BCUT2D eigenvalue weighted by Gasteiger charge is -2.23. The first-order valence-electron chi connectivity index (χ1n) is 8.23. The predicted molar refractivity (Wildman–Crippen MR) is 97.0 cm³/mol. The Morgan fingerprint density at radius 1 is 1.30 bits per heavy atom. The number of hydrogen-bond donors (Lipinski definition) is 1. The molecule has 142 valence electrons. The average Bonchev–Trinajstić information content (AvgIpc) is 3.18. The van der Waals surface area contributed by atoms with Crippen LogP contribution < -0.4 is 10.2 Å². The summed E-state index contributed by atoms with van der Waals surface area (Å²) in [5, 5.41) is 8.85. The largest absolute Gasteiger partial charge is 0.417 e. The molecular weight excluding hydrogens is 379 g/mol. The number of aromatic nitrogens is 3. The fourth-order valence-electron chi connectivity index (χ4n) is 3.13. The molecule has 0 fully saturated rings. The first-order chi connectivity index (χ1) is 12.8. The fraction of sp³-hybridized carbons (Fsp3) is 0.294. The van der Waals surface area contributed by atoms with E-state index in [-0.39, 0.29) is 5.69 Å². The van der Waals surface area contributed by atoms with E-state index in [2.05, 4.69) is 15.4 Å². The Morgan fingerprint density at radius 2 is 2.04 bits per heavy atom. The minimum atomic E-state index is -4.48. The molecule has 4 rings (SSSR count). The minimum absolute atomic E-state index is 0.255. The van der Waals surface area contributed by atoms with Crippen LogP contribution in [-0.2, 0) is 17.0 Å². The highest BCUT2D eigenvalue weighted by Crippen LogP contribution is 2.40. The van der Waals surface area contributed by atoms with Crippen LogP contribution in [0, 0.1) is 0 Å². The summed E-state index contributed by atoms with van der Waals surface area (Å²) in [6.45, 7) is 1.81. The monoisotopic (exact) mass is 395 g/mol. The van der Waals surface area contributed by atoms with Crippen molar-refractivity contribution < 1.29 is 17.4 Å². The highest BCUT2D eigenvalue weighted by atomic mass is 32.2. The van der Waals surface area contributed by atoms with Crippen LogP contribution in [0.25, 0.3) is 10.9 Å². The van der Waals surface area contributed by atoms with Crippen molar-refractivity contribution in [3.05, 3.63) is 42.1 Å². The van der Waals surface area contributed by atoms with Crippen molar-refractivity contribution in [2.24, 2.45) is 0 Å². The van der Waals surface area contributed by atoms with E-state index in [0.29, 0.717) is 22.1 Å². The van der Waals surface area contributed by atoms with Crippen molar-refractivity contribution in [1.29, 1.82) is 0 Å². The van der Waals surface area contributed by atoms with Gasteiger partial charge in [0.2, 0.25) is 6.29 Å². The molecule has 2 atom stereocenters. The number of nitrogens with one attached hydrogen (secondary N) is 1. The molecule has 2 aromatic heterocycles. The smallest absolute Gasteiger partial charge is 0.344 e. The Labute approximate surface area is 155 Å². The Kier molecular flexibility index (Phi) is 4.10. The summed E-state index contributed by atoms with van der Waals surface area (Å²) in [6, 6.07) is 8.34. The van der Waals surface area contributed by atoms with Crippen molar-refractivity contribution in [2.45, 2.75) is 24.4 Å². The molecule has 2 unspecified atom stereocenters. The Hall–Kier alpha value is -2.62. The van der Waals surface area contributed by atoms with E-state index in [9.17, 15) is 17.4 Å². The molecule has 1 aliphatic heterocycles. The third-order valence-electron chi connectivity index (χ3n) is 4.45. The molecule has 3 heterocycles. The number of alkyl halides is 3. The maximum atomic E-state index is 13.0. The third kappa shape index (κ3) is 2.84. The maximum Gasteiger partial charge on any atom is 0.417 e. The van der Waals surface area contributed by atoms with Crippen LogP contribution in [0.15, 0.2) is 41.6 Å². The van der Waals surface area contributed by atoms with Crippen LogP contribution in [0.3, 0.4) is 0 Å². The zero-order valence-corrected chi connectivity index (χ0v) is 15.3. The van der Waals surface area contributed by atoms with Gasteiger partial charge in [0.25, 0.3) is 0 Å². The highest BCUT2D eigenvalue weighted by molar-refractivity contribution is 7.85. The lowest BCUT2D eigenvalue weighted by atomic mass is 10.2. The molecule has 0 saturated carbocycles. The number of fused-ring (bicyclic) bond motifs is 2. The van der Waals surface area contributed by atoms with Gasteiger partial charge in [-0.3, -0.25) is 4.21 Å². The lowest BCUT2D eigenvalue weighted by Crippen LogP contribution is -2.32. The van der Waals surface area contributed by atoms with Crippen LogP contribution in [-0.4, -0.2) is 31.8 Å². The summed E-state index contributed by atoms with van der Waals surface area (Å²) >= 11 is 0. The van der Waals surface area contributed by atoms with Crippen LogP contribution in [0.4, 0.5) is 24.7 Å². The summed E-state index contributed by atoms with van der Waals surface area (Å²) in [5.41, 5.74) is 0.0975. The van der Waals surface area contributed by atoms with Crippen LogP contribution >= 0.6 is 0 Å². The Balaban J connectivity index is 1.82. The van der Waals surface area contributed by atoms with Crippen LogP contribution in [0.5, 0.6) is 0 Å². The summed E-state index contributed by atoms with van der Waals surface area (Å²) in [7, 11) is 0.396. The molecule has 0 bridgehead atoms. The van der Waals surface area contributed by atoms with Crippen molar-refractivity contribution in [2.75, 3.05) is 23.0 Å². The number of pyridine rings is 1. The van der Waals surface area contributed by atoms with Crippen LogP contribution in [0.2, 0.25) is 0 Å². The zero-order chi connectivity index (χ0) is 19.3. The Bertz CT molecular complexity index is 1050. The van der Waals surface area contributed by atoms with Gasteiger partial charge in [-0.1, -0.05) is 19.1 Å². The second-order valence-corrected chi connectivity index (χ2v) is 7.78. The van der Waals surface area contributed by atoms with Crippen molar-refractivity contribution in [1.82, 2.24) is 14.8 Å². The molecule has 0 saturated heterocycles. The second kappa shape index (κ2) is 6.22. The van der Waals surface area contributed by atoms with E-state index >= 15 is 0 Å². The van der Waals surface area contributed by atoms with Gasteiger partial charge in [0.05, 0.1) is 27.6 Å². The predicted octanol–water partition coefficient (Wildman–Crippen LogP) is 3.60. The summed E-state index contributed by atoms with van der Waals surface area (Å²) < 4.78 is 53.2. The molecular formula is C17H16F3N5OS. The van der Waals surface area contributed by atoms with Gasteiger partial charge >= 0.3 is 6.18 Å². The molecule has 1 aromatic carbocycles. The van der Waals surface area contributed by atoms with Gasteiger partial charge in [-0.25, -0.2) is 9.67 Å². The minimum Gasteiger partial charge on any atom is -0.344 e. The molecule has 27 heavy (non-hydrogen) atoms. The number of anilines is 2. The van der Waals surface area contributed by atoms with E-state index in [4.69, 9.17) is 0 Å². The van der Waals surface area contributed by atoms with Gasteiger partial charge < -0.3 is 10.2 Å². The number of hydrogen-bond acceptors (Lipinski definition) is 5. The fourth-order valence-corrected chi connectivity index (χ4v) is 4.17. The average molecular weight is 395 g/mol. The Morgan fingerprint density at radius 3 is 2.74 bits per heavy atom. The van der Waals surface area contributed by atoms with Crippen molar-refractivity contribution in [3.63, 3.8) is 0 Å². The van der Waals surface area contributed by atoms with Crippen molar-refractivity contribution in [3.8, 4) is 0 Å². The molecule has 0 spiro atoms. The van der Waals surface area contributed by atoms with Crippen LogP contribution in [0.1, 0.15) is 18.8 Å². The highest BCUT2D eigenvalue weighted by Gasteiger charge is 2.36. The summed E-state index contributed by atoms with van der Waals surface area (Å²) in [5.74, 6) is 0.774. The number of rotatable bonds is 3. The molecule has 3 aromatic rings. The quantitative estimate of drug-likeness (QED) is 0.734. The molecule has 10 heteroatoms. The van der Waals surface area contributed by atoms with E-state index in [0.717, 1.165) is 17.6 Å².